The molecule has 104 valence electrons. The minimum atomic E-state index is -0.483. The summed E-state index contributed by atoms with van der Waals surface area (Å²) in [4.78, 5) is 19.3. The minimum absolute atomic E-state index is 0.205. The van der Waals surface area contributed by atoms with Gasteiger partial charge in [0, 0.05) is 6.54 Å². The maximum Gasteiger partial charge on any atom is 0.358 e. The van der Waals surface area contributed by atoms with Gasteiger partial charge in [-0.2, -0.15) is 0 Å². The number of aryl methyl sites for hydroxylation is 1. The van der Waals surface area contributed by atoms with Crippen molar-refractivity contribution in [3.05, 3.63) is 53.5 Å². The predicted molar refractivity (Wildman–Crippen MR) is 76.7 cm³/mol. The lowest BCUT2D eigenvalue weighted by Crippen LogP contribution is -2.09. The number of nitrogens with zero attached hydrogens (tertiary/aromatic N) is 2. The molecule has 1 aromatic heterocycles. The second-order valence-electron chi connectivity index (χ2n) is 4.44. The van der Waals surface area contributed by atoms with Crippen molar-refractivity contribution in [3.63, 3.8) is 0 Å². The first-order chi connectivity index (χ1) is 9.69. The quantitative estimate of drug-likeness (QED) is 0.845. The Bertz CT molecular complexity index is 582. The third kappa shape index (κ3) is 3.78. The number of esters is 1. The lowest BCUT2D eigenvalue weighted by Gasteiger charge is -2.06. The third-order valence-electron chi connectivity index (χ3n) is 2.85. The minimum Gasteiger partial charge on any atom is -0.464 e. The summed E-state index contributed by atoms with van der Waals surface area (Å²) in [6.07, 6.45) is 3.84. The van der Waals surface area contributed by atoms with Gasteiger partial charge in [0.2, 0.25) is 0 Å². The van der Waals surface area contributed by atoms with Crippen molar-refractivity contribution in [1.29, 1.82) is 0 Å². The maximum atomic E-state index is 11.2. The molecule has 20 heavy (non-hydrogen) atoms. The predicted octanol–water partition coefficient (Wildman–Crippen LogP) is 2.23. The normalized spacial score (nSPS) is 10.1. The van der Waals surface area contributed by atoms with E-state index >= 15 is 0 Å². The van der Waals surface area contributed by atoms with Crippen LogP contribution in [-0.4, -0.2) is 29.6 Å². The molecule has 2 rings (SSSR count). The molecule has 5 heteroatoms. The van der Waals surface area contributed by atoms with Gasteiger partial charge in [-0.25, -0.2) is 14.8 Å². The first kappa shape index (κ1) is 14.0. The van der Waals surface area contributed by atoms with Crippen LogP contribution in [0.2, 0.25) is 0 Å². The van der Waals surface area contributed by atoms with E-state index in [4.69, 9.17) is 0 Å². The van der Waals surface area contributed by atoms with Gasteiger partial charge in [-0.05, 0) is 18.9 Å². The maximum absolute atomic E-state index is 11.2. The SMILES string of the molecule is COC(=O)c1cnc(NCCc2cccc(C)c2)cn1. The summed E-state index contributed by atoms with van der Waals surface area (Å²) in [7, 11) is 1.32. The van der Waals surface area contributed by atoms with Gasteiger partial charge in [-0.3, -0.25) is 0 Å². The molecular formula is C15H17N3O2. The van der Waals surface area contributed by atoms with Crippen LogP contribution in [0.1, 0.15) is 21.6 Å². The highest BCUT2D eigenvalue weighted by Gasteiger charge is 2.06. The standard InChI is InChI=1S/C15H17N3O2/c1-11-4-3-5-12(8-11)6-7-16-14-10-17-13(9-18-14)15(19)20-2/h3-5,8-10H,6-7H2,1-2H3,(H,16,18). The van der Waals surface area contributed by atoms with Gasteiger partial charge in [0.15, 0.2) is 5.69 Å². The summed E-state index contributed by atoms with van der Waals surface area (Å²) in [6.45, 7) is 2.84. The Hall–Kier alpha value is -2.43. The van der Waals surface area contributed by atoms with Crippen LogP contribution in [0.3, 0.4) is 0 Å². The number of carbonyl (C=O) groups is 1. The number of hydrogen-bond acceptors (Lipinski definition) is 5. The summed E-state index contributed by atoms with van der Waals surface area (Å²) in [5.74, 6) is 0.161. The fourth-order valence-corrected chi connectivity index (χ4v) is 1.83. The Morgan fingerprint density at radius 1 is 1.30 bits per heavy atom. The van der Waals surface area contributed by atoms with Crippen molar-refractivity contribution >= 4 is 11.8 Å². The number of rotatable bonds is 5. The van der Waals surface area contributed by atoms with Crippen molar-refractivity contribution in [2.75, 3.05) is 19.0 Å². The molecule has 2 aromatic rings. The first-order valence-corrected chi connectivity index (χ1v) is 6.39. The van der Waals surface area contributed by atoms with E-state index in [-0.39, 0.29) is 5.69 Å². The molecule has 0 aliphatic rings. The van der Waals surface area contributed by atoms with E-state index in [1.807, 2.05) is 0 Å². The van der Waals surface area contributed by atoms with Gasteiger partial charge in [0.05, 0.1) is 19.5 Å². The highest BCUT2D eigenvalue weighted by atomic mass is 16.5. The van der Waals surface area contributed by atoms with E-state index in [2.05, 4.69) is 51.2 Å². The largest absolute Gasteiger partial charge is 0.464 e. The molecule has 0 spiro atoms. The smallest absolute Gasteiger partial charge is 0.358 e. The lowest BCUT2D eigenvalue weighted by atomic mass is 10.1. The molecule has 0 amide bonds. The van der Waals surface area contributed by atoms with Crippen molar-refractivity contribution in [2.24, 2.45) is 0 Å². The zero-order valence-corrected chi connectivity index (χ0v) is 11.6. The van der Waals surface area contributed by atoms with Crippen LogP contribution in [0.5, 0.6) is 0 Å². The summed E-state index contributed by atoms with van der Waals surface area (Å²) in [5, 5.41) is 3.17. The first-order valence-electron chi connectivity index (χ1n) is 6.39. The van der Waals surface area contributed by atoms with Gasteiger partial charge in [0.25, 0.3) is 0 Å². The van der Waals surface area contributed by atoms with Crippen LogP contribution in [0.15, 0.2) is 36.7 Å². The molecule has 0 atom stereocenters. The molecule has 0 aliphatic heterocycles. The second kappa shape index (κ2) is 6.65. The van der Waals surface area contributed by atoms with Gasteiger partial charge in [-0.15, -0.1) is 0 Å². The molecule has 0 aliphatic carbocycles. The molecule has 0 fully saturated rings. The van der Waals surface area contributed by atoms with Gasteiger partial charge < -0.3 is 10.1 Å². The molecule has 0 unspecified atom stereocenters. The zero-order valence-electron chi connectivity index (χ0n) is 11.6. The topological polar surface area (TPSA) is 64.1 Å². The van der Waals surface area contributed by atoms with E-state index in [0.29, 0.717) is 5.82 Å². The summed E-state index contributed by atoms with van der Waals surface area (Å²) >= 11 is 0. The number of benzene rings is 1. The summed E-state index contributed by atoms with van der Waals surface area (Å²) in [6, 6.07) is 8.39. The molecule has 1 aromatic carbocycles. The number of methoxy groups -OCH3 is 1. The highest BCUT2D eigenvalue weighted by molar-refractivity contribution is 5.86. The van der Waals surface area contributed by atoms with E-state index < -0.39 is 5.97 Å². The fourth-order valence-electron chi connectivity index (χ4n) is 1.83. The fraction of sp³-hybridized carbons (Fsp3) is 0.267. The van der Waals surface area contributed by atoms with Crippen molar-refractivity contribution in [3.8, 4) is 0 Å². The number of nitrogens with one attached hydrogen (secondary N) is 1. The van der Waals surface area contributed by atoms with Crippen LogP contribution < -0.4 is 5.32 Å². The highest BCUT2D eigenvalue weighted by Crippen LogP contribution is 2.06. The Kier molecular flexibility index (Phi) is 4.65. The summed E-state index contributed by atoms with van der Waals surface area (Å²) in [5.41, 5.74) is 2.73. The lowest BCUT2D eigenvalue weighted by molar-refractivity contribution is 0.0593. The van der Waals surface area contributed by atoms with Gasteiger partial charge in [0.1, 0.15) is 5.82 Å². The number of anilines is 1. The third-order valence-corrected chi connectivity index (χ3v) is 2.85. The van der Waals surface area contributed by atoms with Crippen LogP contribution in [0.25, 0.3) is 0 Å². The van der Waals surface area contributed by atoms with Gasteiger partial charge in [-0.1, -0.05) is 29.8 Å². The molecule has 0 saturated heterocycles. The molecule has 5 nitrogen and oxygen atoms in total. The van der Waals surface area contributed by atoms with E-state index in [1.54, 1.807) is 0 Å². The Morgan fingerprint density at radius 2 is 2.15 bits per heavy atom. The van der Waals surface area contributed by atoms with Crippen LogP contribution in [0, 0.1) is 6.92 Å². The van der Waals surface area contributed by atoms with Crippen molar-refractivity contribution in [1.82, 2.24) is 9.97 Å². The number of hydrogen-bond donors (Lipinski definition) is 1. The zero-order chi connectivity index (χ0) is 14.4. The molecule has 1 N–H and O–H groups in total. The van der Waals surface area contributed by atoms with Crippen LogP contribution in [0.4, 0.5) is 5.82 Å². The van der Waals surface area contributed by atoms with Crippen molar-refractivity contribution < 1.29 is 9.53 Å². The monoisotopic (exact) mass is 271 g/mol. The molecular weight excluding hydrogens is 254 g/mol. The molecule has 0 saturated carbocycles. The Labute approximate surface area is 118 Å². The Morgan fingerprint density at radius 3 is 2.80 bits per heavy atom. The molecule has 1 heterocycles. The Balaban J connectivity index is 1.86. The summed E-state index contributed by atoms with van der Waals surface area (Å²) < 4.78 is 4.56. The van der Waals surface area contributed by atoms with Crippen LogP contribution in [-0.2, 0) is 11.2 Å². The van der Waals surface area contributed by atoms with E-state index in [1.165, 1.54) is 30.6 Å². The average Bonchev–Trinajstić information content (AvgIpc) is 2.47. The molecule has 0 bridgehead atoms. The average molecular weight is 271 g/mol. The molecule has 0 radical (unpaired) electrons. The van der Waals surface area contributed by atoms with E-state index in [9.17, 15) is 4.79 Å². The van der Waals surface area contributed by atoms with Gasteiger partial charge >= 0.3 is 5.97 Å². The second-order valence-corrected chi connectivity index (χ2v) is 4.44. The number of carbonyl (C=O) groups excluding carboxylic acids is 1. The number of aromatic nitrogens is 2. The van der Waals surface area contributed by atoms with E-state index in [0.717, 1.165) is 13.0 Å². The number of ether oxygens (including phenoxy) is 1. The van der Waals surface area contributed by atoms with Crippen LogP contribution >= 0.6 is 0 Å². The van der Waals surface area contributed by atoms with Crippen molar-refractivity contribution in [2.45, 2.75) is 13.3 Å².